The Hall–Kier alpha value is -1.50. The smallest absolute Gasteiger partial charge is 0.0293 e. The molecule has 0 aromatic heterocycles. The molecule has 1 aromatic rings. The van der Waals surface area contributed by atoms with Crippen molar-refractivity contribution in [3.05, 3.63) is 54.2 Å². The van der Waals surface area contributed by atoms with Gasteiger partial charge in [-0.05, 0) is 23.6 Å². The predicted octanol–water partition coefficient (Wildman–Crippen LogP) is 2.92. The van der Waals surface area contributed by atoms with Crippen molar-refractivity contribution in [2.75, 3.05) is 13.6 Å². The average Bonchev–Trinajstić information content (AvgIpc) is 2.23. The van der Waals surface area contributed by atoms with E-state index in [1.54, 1.807) is 0 Å². The van der Waals surface area contributed by atoms with Gasteiger partial charge in [-0.3, -0.25) is 0 Å². The third-order valence-corrected chi connectivity index (χ3v) is 2.69. The van der Waals surface area contributed by atoms with E-state index in [9.17, 15) is 0 Å². The lowest BCUT2D eigenvalue weighted by molar-refractivity contribution is 0.433. The highest BCUT2D eigenvalue weighted by molar-refractivity contribution is 5.69. The molecule has 0 saturated heterocycles. The molecule has 0 N–H and O–H groups in total. The van der Waals surface area contributed by atoms with Gasteiger partial charge in [0.15, 0.2) is 0 Å². The fourth-order valence-corrected chi connectivity index (χ4v) is 1.70. The highest BCUT2D eigenvalue weighted by atomic mass is 15.1. The molecular formula is C13H15N. The fraction of sp³-hybridized carbons (Fsp3) is 0.231. The van der Waals surface area contributed by atoms with Gasteiger partial charge in [-0.25, -0.2) is 0 Å². The fourth-order valence-electron chi connectivity index (χ4n) is 1.70. The molecule has 72 valence electrons. The minimum absolute atomic E-state index is 1.07. The number of benzene rings is 1. The Morgan fingerprint density at radius 3 is 2.57 bits per heavy atom. The summed E-state index contributed by atoms with van der Waals surface area (Å²) < 4.78 is 0. The summed E-state index contributed by atoms with van der Waals surface area (Å²) in [7, 11) is 2.08. The van der Waals surface area contributed by atoms with Gasteiger partial charge < -0.3 is 4.90 Å². The minimum atomic E-state index is 1.07. The van der Waals surface area contributed by atoms with Crippen LogP contribution < -0.4 is 0 Å². The van der Waals surface area contributed by atoms with Crippen LogP contribution in [0.1, 0.15) is 12.0 Å². The molecule has 0 unspecified atom stereocenters. The van der Waals surface area contributed by atoms with Crippen molar-refractivity contribution in [2.45, 2.75) is 6.42 Å². The maximum Gasteiger partial charge on any atom is 0.0293 e. The van der Waals surface area contributed by atoms with Gasteiger partial charge in [0.25, 0.3) is 0 Å². The Labute approximate surface area is 85.4 Å². The van der Waals surface area contributed by atoms with Crippen LogP contribution in [-0.4, -0.2) is 18.5 Å². The summed E-state index contributed by atoms with van der Waals surface area (Å²) in [4.78, 5) is 2.19. The van der Waals surface area contributed by atoms with Crippen molar-refractivity contribution in [1.82, 2.24) is 4.90 Å². The SMILES string of the molecule is C=C1C=C(c2ccccc2)CCN1C. The van der Waals surface area contributed by atoms with Crippen LogP contribution in [0.15, 0.2) is 48.7 Å². The monoisotopic (exact) mass is 185 g/mol. The molecule has 1 heteroatoms. The first kappa shape index (κ1) is 9.07. The zero-order chi connectivity index (χ0) is 9.97. The van der Waals surface area contributed by atoms with Crippen LogP contribution in [0, 0.1) is 0 Å². The maximum absolute atomic E-state index is 4.02. The van der Waals surface area contributed by atoms with Crippen molar-refractivity contribution < 1.29 is 0 Å². The molecule has 0 saturated carbocycles. The minimum Gasteiger partial charge on any atom is -0.375 e. The summed E-state index contributed by atoms with van der Waals surface area (Å²) in [5.74, 6) is 0. The van der Waals surface area contributed by atoms with Gasteiger partial charge in [0.2, 0.25) is 0 Å². The van der Waals surface area contributed by atoms with Crippen LogP contribution >= 0.6 is 0 Å². The van der Waals surface area contributed by atoms with Gasteiger partial charge in [0.1, 0.15) is 0 Å². The van der Waals surface area contributed by atoms with E-state index in [2.05, 4.69) is 48.9 Å². The first-order chi connectivity index (χ1) is 6.77. The van der Waals surface area contributed by atoms with E-state index in [1.807, 2.05) is 6.07 Å². The lowest BCUT2D eigenvalue weighted by Gasteiger charge is -2.26. The quantitative estimate of drug-likeness (QED) is 0.650. The second kappa shape index (κ2) is 3.70. The van der Waals surface area contributed by atoms with Gasteiger partial charge in [-0.1, -0.05) is 36.9 Å². The third-order valence-electron chi connectivity index (χ3n) is 2.69. The number of allylic oxidation sites excluding steroid dienone is 1. The number of hydrogen-bond acceptors (Lipinski definition) is 1. The summed E-state index contributed by atoms with van der Waals surface area (Å²) >= 11 is 0. The second-order valence-corrected chi connectivity index (χ2v) is 3.70. The second-order valence-electron chi connectivity index (χ2n) is 3.70. The van der Waals surface area contributed by atoms with Crippen LogP contribution in [0.2, 0.25) is 0 Å². The standard InChI is InChI=1S/C13H15N/c1-11-10-13(8-9-14(11)2)12-6-4-3-5-7-12/h3-7,10H,1,8-9H2,2H3. The van der Waals surface area contributed by atoms with Gasteiger partial charge in [-0.15, -0.1) is 0 Å². The Kier molecular flexibility index (Phi) is 2.40. The summed E-state index contributed by atoms with van der Waals surface area (Å²) in [6, 6.07) is 10.5. The molecule has 0 fully saturated rings. The van der Waals surface area contributed by atoms with Gasteiger partial charge in [0, 0.05) is 19.3 Å². The van der Waals surface area contributed by atoms with E-state index >= 15 is 0 Å². The topological polar surface area (TPSA) is 3.24 Å². The summed E-state index contributed by atoms with van der Waals surface area (Å²) in [6.45, 7) is 5.09. The van der Waals surface area contributed by atoms with E-state index in [-0.39, 0.29) is 0 Å². The van der Waals surface area contributed by atoms with Crippen LogP contribution in [0.4, 0.5) is 0 Å². The normalized spacial score (nSPS) is 16.8. The van der Waals surface area contributed by atoms with E-state index < -0.39 is 0 Å². The largest absolute Gasteiger partial charge is 0.375 e. The molecule has 0 aliphatic carbocycles. The predicted molar refractivity (Wildman–Crippen MR) is 60.8 cm³/mol. The van der Waals surface area contributed by atoms with Crippen LogP contribution in [0.5, 0.6) is 0 Å². The summed E-state index contributed by atoms with van der Waals surface area (Å²) in [6.07, 6.45) is 3.29. The lowest BCUT2D eigenvalue weighted by atomic mass is 9.99. The van der Waals surface area contributed by atoms with Crippen LogP contribution in [-0.2, 0) is 0 Å². The van der Waals surface area contributed by atoms with Crippen molar-refractivity contribution in [3.8, 4) is 0 Å². The van der Waals surface area contributed by atoms with Crippen molar-refractivity contribution in [3.63, 3.8) is 0 Å². The van der Waals surface area contributed by atoms with Crippen molar-refractivity contribution in [2.24, 2.45) is 0 Å². The number of nitrogens with zero attached hydrogens (tertiary/aromatic N) is 1. The Bertz CT molecular complexity index is 362. The molecule has 0 bridgehead atoms. The average molecular weight is 185 g/mol. The maximum atomic E-state index is 4.02. The first-order valence-corrected chi connectivity index (χ1v) is 4.93. The first-order valence-electron chi connectivity index (χ1n) is 4.93. The molecule has 14 heavy (non-hydrogen) atoms. The summed E-state index contributed by atoms with van der Waals surface area (Å²) in [5, 5.41) is 0. The molecule has 2 rings (SSSR count). The Balaban J connectivity index is 2.29. The molecular weight excluding hydrogens is 170 g/mol. The molecule has 0 amide bonds. The van der Waals surface area contributed by atoms with Gasteiger partial charge in [0.05, 0.1) is 0 Å². The van der Waals surface area contributed by atoms with E-state index in [1.165, 1.54) is 11.1 Å². The molecule has 1 aromatic carbocycles. The van der Waals surface area contributed by atoms with E-state index in [0.717, 1.165) is 18.7 Å². The summed E-state index contributed by atoms with van der Waals surface area (Å²) in [5.41, 5.74) is 3.82. The zero-order valence-corrected chi connectivity index (χ0v) is 8.53. The van der Waals surface area contributed by atoms with E-state index in [4.69, 9.17) is 0 Å². The molecule has 0 spiro atoms. The molecule has 0 radical (unpaired) electrons. The molecule has 1 nitrogen and oxygen atoms in total. The lowest BCUT2D eigenvalue weighted by Crippen LogP contribution is -2.21. The van der Waals surface area contributed by atoms with Crippen molar-refractivity contribution in [1.29, 1.82) is 0 Å². The van der Waals surface area contributed by atoms with E-state index in [0.29, 0.717) is 0 Å². The third kappa shape index (κ3) is 1.72. The Morgan fingerprint density at radius 1 is 1.21 bits per heavy atom. The number of hydrogen-bond donors (Lipinski definition) is 0. The molecule has 1 aliphatic heterocycles. The highest BCUT2D eigenvalue weighted by Crippen LogP contribution is 2.24. The van der Waals surface area contributed by atoms with Crippen LogP contribution in [0.25, 0.3) is 5.57 Å². The zero-order valence-electron chi connectivity index (χ0n) is 8.53. The molecule has 1 aliphatic rings. The van der Waals surface area contributed by atoms with Gasteiger partial charge in [-0.2, -0.15) is 0 Å². The van der Waals surface area contributed by atoms with Crippen molar-refractivity contribution >= 4 is 5.57 Å². The molecule has 1 heterocycles. The highest BCUT2D eigenvalue weighted by Gasteiger charge is 2.10. The number of rotatable bonds is 1. The Morgan fingerprint density at radius 2 is 1.93 bits per heavy atom. The van der Waals surface area contributed by atoms with Gasteiger partial charge >= 0.3 is 0 Å². The molecule has 0 atom stereocenters. The van der Waals surface area contributed by atoms with Crippen LogP contribution in [0.3, 0.4) is 0 Å². The number of likely N-dealkylation sites (N-methyl/N-ethyl adjacent to an activating group) is 1.